The fourth-order valence-corrected chi connectivity index (χ4v) is 2.29. The number of ketones is 1. The molecule has 0 aliphatic heterocycles. The molecule has 1 amide bonds. The van der Waals surface area contributed by atoms with Gasteiger partial charge in [-0.25, -0.2) is 4.79 Å². The van der Waals surface area contributed by atoms with Gasteiger partial charge in [-0.2, -0.15) is 0 Å². The zero-order chi connectivity index (χ0) is 18.6. The lowest BCUT2D eigenvalue weighted by Gasteiger charge is -2.08. The zero-order valence-corrected chi connectivity index (χ0v) is 14.0. The van der Waals surface area contributed by atoms with E-state index in [0.29, 0.717) is 5.56 Å². The molecule has 0 heterocycles. The number of anilines is 1. The lowest BCUT2D eigenvalue weighted by molar-refractivity contribution is -0.116. The molecule has 0 bridgehead atoms. The number of rotatable bonds is 6. The highest BCUT2D eigenvalue weighted by atomic mass is 16.4. The summed E-state index contributed by atoms with van der Waals surface area (Å²) >= 11 is 0. The van der Waals surface area contributed by atoms with Crippen LogP contribution in [-0.2, 0) is 4.79 Å². The zero-order valence-electron chi connectivity index (χ0n) is 14.0. The molecule has 0 fully saturated rings. The van der Waals surface area contributed by atoms with Crippen molar-refractivity contribution in [1.82, 2.24) is 0 Å². The molecule has 2 aromatic carbocycles. The Morgan fingerprint density at radius 2 is 1.68 bits per heavy atom. The number of aromatic carboxylic acids is 1. The van der Waals surface area contributed by atoms with E-state index in [9.17, 15) is 19.5 Å². The predicted octanol–water partition coefficient (Wildman–Crippen LogP) is 3.31. The fourth-order valence-electron chi connectivity index (χ4n) is 2.29. The van der Waals surface area contributed by atoms with Crippen LogP contribution >= 0.6 is 0 Å². The first-order chi connectivity index (χ1) is 11.8. The highest BCUT2D eigenvalue weighted by molar-refractivity contribution is 6.00. The molecular formula is C19H19NO5. The Labute approximate surface area is 145 Å². The molecule has 3 N–H and O–H groups in total. The Balaban J connectivity index is 1.96. The summed E-state index contributed by atoms with van der Waals surface area (Å²) in [5, 5.41) is 20.9. The van der Waals surface area contributed by atoms with Crippen LogP contribution in [0.1, 0.15) is 44.7 Å². The maximum atomic E-state index is 12.2. The molecule has 0 aliphatic carbocycles. The van der Waals surface area contributed by atoms with Crippen LogP contribution in [0.3, 0.4) is 0 Å². The number of amides is 1. The number of nitrogens with one attached hydrogen (secondary N) is 1. The second kappa shape index (κ2) is 7.61. The van der Waals surface area contributed by atoms with E-state index in [-0.39, 0.29) is 35.6 Å². The Morgan fingerprint density at radius 1 is 0.960 bits per heavy atom. The first kappa shape index (κ1) is 18.2. The van der Waals surface area contributed by atoms with E-state index in [1.807, 2.05) is 19.9 Å². The second-order valence-corrected chi connectivity index (χ2v) is 5.81. The minimum absolute atomic E-state index is 0.0188. The molecule has 6 nitrogen and oxygen atoms in total. The monoisotopic (exact) mass is 341 g/mol. The second-order valence-electron chi connectivity index (χ2n) is 5.81. The summed E-state index contributed by atoms with van der Waals surface area (Å²) in [4.78, 5) is 35.1. The van der Waals surface area contributed by atoms with Gasteiger partial charge in [-0.05, 0) is 49.2 Å². The van der Waals surface area contributed by atoms with Crippen molar-refractivity contribution in [2.75, 3.05) is 5.32 Å². The number of hydrogen-bond donors (Lipinski definition) is 3. The molecule has 0 saturated heterocycles. The molecule has 0 radical (unpaired) electrons. The highest BCUT2D eigenvalue weighted by Crippen LogP contribution is 2.21. The number of hydrogen-bond acceptors (Lipinski definition) is 4. The number of aryl methyl sites for hydroxylation is 2. The van der Waals surface area contributed by atoms with Crippen molar-refractivity contribution in [3.8, 4) is 5.75 Å². The molecule has 130 valence electrons. The third kappa shape index (κ3) is 4.67. The van der Waals surface area contributed by atoms with Crippen LogP contribution in [-0.4, -0.2) is 27.9 Å². The van der Waals surface area contributed by atoms with Crippen LogP contribution in [0.5, 0.6) is 5.75 Å². The van der Waals surface area contributed by atoms with Gasteiger partial charge < -0.3 is 15.5 Å². The number of benzene rings is 2. The van der Waals surface area contributed by atoms with Crippen LogP contribution in [0.4, 0.5) is 5.69 Å². The summed E-state index contributed by atoms with van der Waals surface area (Å²) in [5.74, 6) is -2.21. The normalized spacial score (nSPS) is 10.3. The van der Waals surface area contributed by atoms with Crippen molar-refractivity contribution in [3.63, 3.8) is 0 Å². The van der Waals surface area contributed by atoms with Gasteiger partial charge in [-0.15, -0.1) is 0 Å². The minimum atomic E-state index is -1.29. The number of phenols is 1. The Bertz CT molecular complexity index is 842. The van der Waals surface area contributed by atoms with Gasteiger partial charge >= 0.3 is 5.97 Å². The smallest absolute Gasteiger partial charge is 0.339 e. The van der Waals surface area contributed by atoms with E-state index in [2.05, 4.69) is 5.32 Å². The largest absolute Gasteiger partial charge is 0.507 e. The lowest BCUT2D eigenvalue weighted by atomic mass is 10.0. The van der Waals surface area contributed by atoms with Crippen molar-refractivity contribution in [3.05, 3.63) is 58.7 Å². The number of carbonyl (C=O) groups excluding carboxylic acids is 2. The van der Waals surface area contributed by atoms with Gasteiger partial charge in [0.15, 0.2) is 5.78 Å². The number of carboxylic acids is 1. The molecule has 2 rings (SSSR count). The topological polar surface area (TPSA) is 104 Å². The molecule has 0 aromatic heterocycles. The molecular weight excluding hydrogens is 322 g/mol. The lowest BCUT2D eigenvalue weighted by Crippen LogP contribution is -2.14. The van der Waals surface area contributed by atoms with Gasteiger partial charge in [-0.3, -0.25) is 9.59 Å². The number of Topliss-reactive ketones (excluding diaryl/α,β-unsaturated/α-hetero) is 1. The van der Waals surface area contributed by atoms with Crippen LogP contribution in [0.2, 0.25) is 0 Å². The first-order valence-corrected chi connectivity index (χ1v) is 7.74. The molecule has 0 unspecified atom stereocenters. The predicted molar refractivity (Wildman–Crippen MR) is 93.2 cm³/mol. The highest BCUT2D eigenvalue weighted by Gasteiger charge is 2.13. The molecule has 25 heavy (non-hydrogen) atoms. The van der Waals surface area contributed by atoms with Crippen molar-refractivity contribution in [1.29, 1.82) is 0 Å². The number of carbonyl (C=O) groups is 3. The van der Waals surface area contributed by atoms with Crippen molar-refractivity contribution in [2.45, 2.75) is 26.7 Å². The van der Waals surface area contributed by atoms with Crippen LogP contribution in [0.15, 0.2) is 36.4 Å². The van der Waals surface area contributed by atoms with E-state index < -0.39 is 11.9 Å². The molecule has 0 saturated carbocycles. The van der Waals surface area contributed by atoms with Gasteiger partial charge in [0, 0.05) is 24.1 Å². The summed E-state index contributed by atoms with van der Waals surface area (Å²) in [6, 6.07) is 9.16. The van der Waals surface area contributed by atoms with E-state index >= 15 is 0 Å². The average Bonchev–Trinajstić information content (AvgIpc) is 2.56. The maximum Gasteiger partial charge on any atom is 0.339 e. The summed E-state index contributed by atoms with van der Waals surface area (Å²) in [5.41, 5.74) is 2.62. The standard InChI is InChI=1S/C19H19NO5/c1-11-3-4-13(9-12(11)2)16(21)7-8-18(23)20-14-5-6-17(22)15(10-14)19(24)25/h3-6,9-10,22H,7-8H2,1-2H3,(H,20,23)(H,24,25). The van der Waals surface area contributed by atoms with Gasteiger partial charge in [0.2, 0.25) is 5.91 Å². The summed E-state index contributed by atoms with van der Waals surface area (Å²) in [6.07, 6.45) is 0.0350. The third-order valence-electron chi connectivity index (χ3n) is 3.92. The fraction of sp³-hybridized carbons (Fsp3) is 0.211. The molecule has 2 aromatic rings. The Hall–Kier alpha value is -3.15. The van der Waals surface area contributed by atoms with Gasteiger partial charge in [0.05, 0.1) is 0 Å². The van der Waals surface area contributed by atoms with Crippen LogP contribution < -0.4 is 5.32 Å². The summed E-state index contributed by atoms with van der Waals surface area (Å²) in [6.45, 7) is 3.88. The van der Waals surface area contributed by atoms with Gasteiger partial charge in [0.25, 0.3) is 0 Å². The van der Waals surface area contributed by atoms with E-state index in [1.165, 1.54) is 18.2 Å². The van der Waals surface area contributed by atoms with E-state index in [1.54, 1.807) is 12.1 Å². The van der Waals surface area contributed by atoms with Crippen molar-refractivity contribution in [2.24, 2.45) is 0 Å². The van der Waals surface area contributed by atoms with Gasteiger partial charge in [-0.1, -0.05) is 12.1 Å². The van der Waals surface area contributed by atoms with E-state index in [0.717, 1.165) is 11.1 Å². The van der Waals surface area contributed by atoms with Crippen molar-refractivity contribution < 1.29 is 24.6 Å². The molecule has 6 heteroatoms. The molecule has 0 aliphatic rings. The molecule has 0 atom stereocenters. The third-order valence-corrected chi connectivity index (χ3v) is 3.92. The van der Waals surface area contributed by atoms with Crippen LogP contribution in [0, 0.1) is 13.8 Å². The first-order valence-electron chi connectivity index (χ1n) is 7.74. The van der Waals surface area contributed by atoms with Crippen LogP contribution in [0.25, 0.3) is 0 Å². The maximum absolute atomic E-state index is 12.2. The summed E-state index contributed by atoms with van der Waals surface area (Å²) < 4.78 is 0. The number of carboxylic acid groups (broad SMARTS) is 1. The Kier molecular flexibility index (Phi) is 5.54. The van der Waals surface area contributed by atoms with Gasteiger partial charge in [0.1, 0.15) is 11.3 Å². The van der Waals surface area contributed by atoms with Crippen molar-refractivity contribution >= 4 is 23.3 Å². The quantitative estimate of drug-likeness (QED) is 0.552. The molecule has 0 spiro atoms. The number of aromatic hydroxyl groups is 1. The Morgan fingerprint density at radius 3 is 2.32 bits per heavy atom. The van der Waals surface area contributed by atoms with E-state index in [4.69, 9.17) is 5.11 Å². The summed E-state index contributed by atoms with van der Waals surface area (Å²) in [7, 11) is 0. The average molecular weight is 341 g/mol. The SMILES string of the molecule is Cc1ccc(C(=O)CCC(=O)Nc2ccc(O)c(C(=O)O)c2)cc1C. The minimum Gasteiger partial charge on any atom is -0.507 e.